The Morgan fingerprint density at radius 1 is 0.833 bits per heavy atom. The molecule has 2 amide bonds. The van der Waals surface area contributed by atoms with Crippen LogP contribution in [-0.2, 0) is 23.5 Å². The van der Waals surface area contributed by atoms with Crippen molar-refractivity contribution >= 4 is 55.2 Å². The van der Waals surface area contributed by atoms with E-state index in [-0.39, 0.29) is 48.5 Å². The molecule has 3 aliphatic rings. The Hall–Kier alpha value is -5.07. The molecule has 2 saturated heterocycles. The van der Waals surface area contributed by atoms with Crippen LogP contribution in [-0.4, -0.2) is 72.6 Å². The number of hydrogen-bond donors (Lipinski definition) is 3. The number of allylic oxidation sites excluding steroid dienone is 1. The number of hydrogen-bond acceptors (Lipinski definition) is 7. The van der Waals surface area contributed by atoms with Gasteiger partial charge in [0.25, 0.3) is 8.32 Å². The van der Waals surface area contributed by atoms with Gasteiger partial charge in [-0.15, -0.1) is 0 Å². The summed E-state index contributed by atoms with van der Waals surface area (Å²) in [6.45, 7) is 7.16. The molecule has 11 heteroatoms. The van der Waals surface area contributed by atoms with Crippen molar-refractivity contribution in [1.29, 1.82) is 0 Å². The molecule has 9 nitrogen and oxygen atoms in total. The van der Waals surface area contributed by atoms with Gasteiger partial charge in [0.05, 0.1) is 24.5 Å². The summed E-state index contributed by atoms with van der Waals surface area (Å²) in [4.78, 5) is 41.2. The van der Waals surface area contributed by atoms with E-state index in [1.165, 1.54) is 4.90 Å². The van der Waals surface area contributed by atoms with Crippen LogP contribution < -0.4 is 10.4 Å². The van der Waals surface area contributed by atoms with Crippen molar-refractivity contribution < 1.29 is 38.7 Å². The van der Waals surface area contributed by atoms with Gasteiger partial charge in [-0.3, -0.25) is 19.3 Å². The van der Waals surface area contributed by atoms with Crippen LogP contribution in [0.1, 0.15) is 76.8 Å². The molecule has 0 spiro atoms. The minimum atomic E-state index is -3.03. The number of phenolic OH excluding ortho intramolecular Hbond substituents is 1. The van der Waals surface area contributed by atoms with Crippen molar-refractivity contribution in [2.45, 2.75) is 83.2 Å². The summed E-state index contributed by atoms with van der Waals surface area (Å²) in [6.07, 6.45) is 4.61. The molecule has 1 aliphatic carbocycles. The molecule has 4 aromatic rings. The highest BCUT2D eigenvalue weighted by molar-refractivity contribution is 6.99. The van der Waals surface area contributed by atoms with Crippen molar-refractivity contribution in [2.75, 3.05) is 13.2 Å². The van der Waals surface area contributed by atoms with Crippen molar-refractivity contribution in [1.82, 2.24) is 4.90 Å². The number of nitrogens with zero attached hydrogens (tertiary/aromatic N) is 1. The number of rotatable bonds is 16. The number of para-hydroxylation sites is 1. The first kappa shape index (κ1) is 43.0. The quantitative estimate of drug-likeness (QED) is 0.0344. The van der Waals surface area contributed by atoms with Crippen molar-refractivity contribution in [3.05, 3.63) is 138 Å². The summed E-state index contributed by atoms with van der Waals surface area (Å²) >= 11 is 0. The number of carbonyl (C=O) groups excluding carboxylic acids is 2. The van der Waals surface area contributed by atoms with Gasteiger partial charge in [-0.2, -0.15) is 0 Å². The van der Waals surface area contributed by atoms with E-state index >= 15 is 0 Å². The highest BCUT2D eigenvalue weighted by atomic mass is 28.4. The third kappa shape index (κ3) is 9.00. The number of benzene rings is 4. The Morgan fingerprint density at radius 2 is 1.45 bits per heavy atom. The largest absolute Gasteiger partial charge is 0.507 e. The fourth-order valence-electron chi connectivity index (χ4n) is 9.90. The molecule has 2 aliphatic heterocycles. The zero-order valence-electron chi connectivity index (χ0n) is 34.8. The molecule has 3 N–H and O–H groups in total. The van der Waals surface area contributed by atoms with Gasteiger partial charge in [-0.05, 0) is 94.2 Å². The Balaban J connectivity index is 1.28. The normalized spacial score (nSPS) is 21.0. The number of unbranched alkanes of at least 4 members (excludes halogenated alkanes) is 2. The number of carboxylic acid groups (broad SMARTS) is 1. The van der Waals surface area contributed by atoms with Crippen LogP contribution in [0.5, 0.6) is 5.75 Å². The second kappa shape index (κ2) is 18.7. The standard InChI is InChI=1S/C49H56BNO8Si/c1-49(2,3)60(38-21-10-5-11-22-38,39-23-12-6-13-24-39)58-33-37-31-40-46(48(56)51(47(40)55)29-17-7-14-26-44(53)54)41-32-50(57)59-43(45(37)41)28-27-35(34-18-8-4-9-19-34)30-36-20-15-16-25-42(36)52/h4-6,8-13,15-16,18-25,30,40-41,43,46,52,57H,7,14,17,26-29,31-33H2,1-3H3,(H,53,54)/b35-30-/t40-,41+,43-,46-/m1/s1. The van der Waals surface area contributed by atoms with E-state index in [0.717, 1.165) is 32.7 Å². The van der Waals surface area contributed by atoms with Crippen LogP contribution in [0.15, 0.2) is 126 Å². The number of amides is 2. The summed E-state index contributed by atoms with van der Waals surface area (Å²) in [5.41, 5.74) is 4.56. The number of carbonyl (C=O) groups is 3. The van der Waals surface area contributed by atoms with E-state index in [0.29, 0.717) is 44.1 Å². The molecular formula is C49H56BNO8Si. The molecule has 0 bridgehead atoms. The average Bonchev–Trinajstić information content (AvgIpc) is 3.47. The van der Waals surface area contributed by atoms with Crippen LogP contribution >= 0.6 is 0 Å². The summed E-state index contributed by atoms with van der Waals surface area (Å²) in [7, 11) is -4.17. The molecule has 0 saturated carbocycles. The Kier molecular flexibility index (Phi) is 13.4. The lowest BCUT2D eigenvalue weighted by molar-refractivity contribution is -0.141. The summed E-state index contributed by atoms with van der Waals surface area (Å²) in [5, 5.41) is 33.3. The number of phenols is 1. The zero-order chi connectivity index (χ0) is 42.4. The van der Waals surface area contributed by atoms with Gasteiger partial charge in [0, 0.05) is 18.5 Å². The SMILES string of the molecule is CC(C)(C)[Si](OCC1=C2[C@@H](CC/C(=C/c3ccccc3O)c3ccccc3)OB(O)C[C@@H]2[C@@H]2C(=O)N(CCCCCC(=O)O)C(=O)[C@@H]2C1)(c1ccccc1)c1ccccc1. The fourth-order valence-corrected chi connectivity index (χ4v) is 14.4. The third-order valence-electron chi connectivity index (χ3n) is 12.6. The second-order valence-corrected chi connectivity index (χ2v) is 21.7. The van der Waals surface area contributed by atoms with Crippen molar-refractivity contribution in [2.24, 2.45) is 17.8 Å². The number of fused-ring (bicyclic) bond motifs is 3. The van der Waals surface area contributed by atoms with Gasteiger partial charge < -0.3 is 24.3 Å². The van der Waals surface area contributed by atoms with Crippen LogP contribution in [0, 0.1) is 17.8 Å². The van der Waals surface area contributed by atoms with Gasteiger partial charge in [0.15, 0.2) is 0 Å². The van der Waals surface area contributed by atoms with Crippen LogP contribution in [0.25, 0.3) is 11.6 Å². The van der Waals surface area contributed by atoms with Gasteiger partial charge in [-0.1, -0.05) is 136 Å². The van der Waals surface area contributed by atoms with Crippen molar-refractivity contribution in [3.63, 3.8) is 0 Å². The first-order chi connectivity index (χ1) is 28.9. The highest BCUT2D eigenvalue weighted by Crippen LogP contribution is 2.51. The number of likely N-dealkylation sites (tertiary alicyclic amines) is 1. The fraction of sp³-hybridized carbons (Fsp3) is 0.367. The minimum absolute atomic E-state index is 0.0458. The third-order valence-corrected chi connectivity index (χ3v) is 17.6. The second-order valence-electron chi connectivity index (χ2n) is 17.4. The van der Waals surface area contributed by atoms with E-state index in [9.17, 15) is 24.5 Å². The molecule has 0 unspecified atom stereocenters. The van der Waals surface area contributed by atoms with Gasteiger partial charge in [0.2, 0.25) is 11.8 Å². The van der Waals surface area contributed by atoms with E-state index in [4.69, 9.17) is 14.2 Å². The topological polar surface area (TPSA) is 134 Å². The number of aliphatic carboxylic acids is 1. The molecule has 2 fully saturated rings. The van der Waals surface area contributed by atoms with Crippen molar-refractivity contribution in [3.8, 4) is 5.75 Å². The summed E-state index contributed by atoms with van der Waals surface area (Å²) in [5.74, 6) is -2.81. The summed E-state index contributed by atoms with van der Waals surface area (Å²) < 4.78 is 14.0. The molecule has 4 atom stereocenters. The first-order valence-electron chi connectivity index (χ1n) is 21.3. The van der Waals surface area contributed by atoms with Gasteiger partial charge in [0.1, 0.15) is 5.75 Å². The number of aromatic hydroxyl groups is 1. The van der Waals surface area contributed by atoms with E-state index in [1.807, 2.05) is 60.7 Å². The maximum Gasteiger partial charge on any atom is 0.455 e. The molecule has 312 valence electrons. The minimum Gasteiger partial charge on any atom is -0.507 e. The molecular weight excluding hydrogens is 769 g/mol. The lowest BCUT2D eigenvalue weighted by atomic mass is 9.58. The van der Waals surface area contributed by atoms with Crippen LogP contribution in [0.3, 0.4) is 0 Å². The predicted molar refractivity (Wildman–Crippen MR) is 238 cm³/mol. The maximum atomic E-state index is 14.4. The maximum absolute atomic E-state index is 14.4. The number of imide groups is 1. The van der Waals surface area contributed by atoms with E-state index < -0.39 is 45.3 Å². The van der Waals surface area contributed by atoms with Gasteiger partial charge >= 0.3 is 13.1 Å². The molecule has 0 radical (unpaired) electrons. The van der Waals surface area contributed by atoms with Crippen LogP contribution in [0.4, 0.5) is 0 Å². The van der Waals surface area contributed by atoms with E-state index in [1.54, 1.807) is 12.1 Å². The molecule has 2 heterocycles. The molecule has 0 aromatic heterocycles. The monoisotopic (exact) mass is 825 g/mol. The van der Waals surface area contributed by atoms with E-state index in [2.05, 4.69) is 69.3 Å². The predicted octanol–water partition coefficient (Wildman–Crippen LogP) is 7.73. The van der Waals surface area contributed by atoms with Gasteiger partial charge in [-0.25, -0.2) is 0 Å². The zero-order valence-corrected chi connectivity index (χ0v) is 35.8. The Bertz CT molecular complexity index is 2170. The number of carboxylic acids is 1. The lowest BCUT2D eigenvalue weighted by Crippen LogP contribution is -2.66. The Morgan fingerprint density at radius 3 is 2.07 bits per heavy atom. The first-order valence-corrected chi connectivity index (χ1v) is 23.2. The summed E-state index contributed by atoms with van der Waals surface area (Å²) in [6, 6.07) is 38.1. The smallest absolute Gasteiger partial charge is 0.455 e. The van der Waals surface area contributed by atoms with Crippen LogP contribution in [0.2, 0.25) is 11.4 Å². The molecule has 4 aromatic carbocycles. The Labute approximate surface area is 355 Å². The molecule has 7 rings (SSSR count). The lowest BCUT2D eigenvalue weighted by Gasteiger charge is -2.46. The highest BCUT2D eigenvalue weighted by Gasteiger charge is 2.58. The average molecular weight is 826 g/mol. The molecule has 60 heavy (non-hydrogen) atoms.